The molecule has 0 saturated carbocycles. The fourth-order valence-corrected chi connectivity index (χ4v) is 6.56. The van der Waals surface area contributed by atoms with Gasteiger partial charge in [0.2, 0.25) is 0 Å². The summed E-state index contributed by atoms with van der Waals surface area (Å²) in [5.41, 5.74) is 3.52. The maximum Gasteiger partial charge on any atom is 0.275 e. The zero-order valence-electron chi connectivity index (χ0n) is 21.8. The van der Waals surface area contributed by atoms with Gasteiger partial charge in [-0.25, -0.2) is 12.4 Å². The molecule has 0 fully saturated rings. The molecule has 0 aliphatic heterocycles. The Morgan fingerprint density at radius 3 is 2.26 bits per heavy atom. The van der Waals surface area contributed by atoms with Crippen molar-refractivity contribution < 1.29 is 13.2 Å². The van der Waals surface area contributed by atoms with Gasteiger partial charge in [-0.15, -0.1) is 0 Å². The maximum absolute atomic E-state index is 13.7. The van der Waals surface area contributed by atoms with Crippen molar-refractivity contribution in [3.63, 3.8) is 0 Å². The first-order valence-corrected chi connectivity index (χ1v) is 13.9. The number of rotatable bonds is 6. The lowest BCUT2D eigenvalue weighted by Crippen LogP contribution is -2.23. The van der Waals surface area contributed by atoms with Crippen molar-refractivity contribution in [1.82, 2.24) is 13.1 Å². The van der Waals surface area contributed by atoms with Crippen LogP contribution in [0.3, 0.4) is 0 Å². The Bertz CT molecular complexity index is 1970. The highest BCUT2D eigenvalue weighted by molar-refractivity contribution is 7.90. The average molecular weight is 564 g/mol. The van der Waals surface area contributed by atoms with E-state index in [0.717, 1.165) is 26.2 Å². The molecule has 0 atom stereocenters. The first-order valence-electron chi connectivity index (χ1n) is 12.0. The van der Waals surface area contributed by atoms with Gasteiger partial charge >= 0.3 is 0 Å². The van der Waals surface area contributed by atoms with Crippen LogP contribution < -0.4 is 11.1 Å². The molecular formula is C29H26ClN3O5S. The summed E-state index contributed by atoms with van der Waals surface area (Å²) in [6.45, 7) is 2.26. The fourth-order valence-electron chi connectivity index (χ4n) is 4.70. The molecule has 3 aromatic heterocycles. The highest BCUT2D eigenvalue weighted by Crippen LogP contribution is 2.37. The van der Waals surface area contributed by atoms with E-state index in [4.69, 9.17) is 16.3 Å². The normalized spacial score (nSPS) is 11.8. The van der Waals surface area contributed by atoms with Crippen molar-refractivity contribution in [2.45, 2.75) is 18.4 Å². The lowest BCUT2D eigenvalue weighted by molar-refractivity contribution is 0.185. The Labute approximate surface area is 230 Å². The second-order valence-corrected chi connectivity index (χ2v) is 11.6. The van der Waals surface area contributed by atoms with Gasteiger partial charge in [0.15, 0.2) is 0 Å². The van der Waals surface area contributed by atoms with E-state index in [9.17, 15) is 18.0 Å². The summed E-state index contributed by atoms with van der Waals surface area (Å²) in [5, 5.41) is 0.184. The summed E-state index contributed by atoms with van der Waals surface area (Å²) in [6.07, 6.45) is 3.32. The first kappa shape index (κ1) is 26.7. The Balaban J connectivity index is 1.84. The van der Waals surface area contributed by atoms with Crippen LogP contribution >= 0.6 is 11.6 Å². The smallest absolute Gasteiger partial charge is 0.275 e. The molecule has 0 aliphatic rings. The van der Waals surface area contributed by atoms with Crippen LogP contribution in [-0.4, -0.2) is 28.6 Å². The Hall–Kier alpha value is -3.92. The number of aryl methyl sites for hydroxylation is 3. The van der Waals surface area contributed by atoms with E-state index < -0.39 is 15.6 Å². The fraction of sp³-hybridized carbons (Fsp3) is 0.172. The van der Waals surface area contributed by atoms with Gasteiger partial charge in [-0.05, 0) is 47.9 Å². The number of fused-ring (bicyclic) bond motifs is 1. The van der Waals surface area contributed by atoms with Crippen LogP contribution in [0.25, 0.3) is 33.2 Å². The van der Waals surface area contributed by atoms with Gasteiger partial charge in [0.1, 0.15) is 10.7 Å². The molecule has 5 aromatic rings. The molecule has 0 amide bonds. The van der Waals surface area contributed by atoms with E-state index in [0.29, 0.717) is 23.1 Å². The number of aromatic nitrogens is 3. The third kappa shape index (κ3) is 4.63. The molecule has 0 spiro atoms. The van der Waals surface area contributed by atoms with Crippen LogP contribution in [0.15, 0.2) is 87.5 Å². The van der Waals surface area contributed by atoms with E-state index >= 15 is 0 Å². The minimum Gasteiger partial charge on any atom is -0.380 e. The summed E-state index contributed by atoms with van der Waals surface area (Å²) in [5.74, 6) is 0. The molecule has 0 N–H and O–H groups in total. The standard InChI is InChI=1S/C29H26ClN3O5S/c1-18-8-10-21(11-9-18)39(36,37)33-26(30)13-23-25(16-32(3)29(35)28(23)33)22-14-27(34)31(2)15-24(22)20-7-5-6-19(12-20)17-38-4/h5-16H,17H2,1-4H3. The van der Waals surface area contributed by atoms with Crippen LogP contribution in [0.4, 0.5) is 0 Å². The molecule has 0 saturated heterocycles. The van der Waals surface area contributed by atoms with Gasteiger partial charge in [-0.1, -0.05) is 47.5 Å². The van der Waals surface area contributed by atoms with Crippen LogP contribution in [0, 0.1) is 6.92 Å². The Kier molecular flexibility index (Phi) is 6.84. The topological polar surface area (TPSA) is 92.3 Å². The predicted octanol–water partition coefficient (Wildman–Crippen LogP) is 4.72. The minimum atomic E-state index is -4.21. The van der Waals surface area contributed by atoms with E-state index in [1.165, 1.54) is 40.4 Å². The zero-order valence-corrected chi connectivity index (χ0v) is 23.4. The number of hydrogen-bond donors (Lipinski definition) is 0. The number of halogens is 1. The summed E-state index contributed by atoms with van der Waals surface area (Å²) in [6, 6.07) is 17.0. The SMILES string of the molecule is COCc1cccc(-c2cn(C)c(=O)cc2-c2cn(C)c(=O)c3c2cc(Cl)n3S(=O)(=O)c2ccc(C)cc2)c1. The predicted molar refractivity (Wildman–Crippen MR) is 153 cm³/mol. The number of benzene rings is 2. The number of methoxy groups -OCH3 is 1. The van der Waals surface area contributed by atoms with Crippen molar-refractivity contribution in [1.29, 1.82) is 0 Å². The average Bonchev–Trinajstić information content (AvgIpc) is 3.26. The molecule has 2 aromatic carbocycles. The molecule has 39 heavy (non-hydrogen) atoms. The molecule has 8 nitrogen and oxygen atoms in total. The molecule has 5 rings (SSSR count). The lowest BCUT2D eigenvalue weighted by Gasteiger charge is -2.15. The molecule has 0 aliphatic carbocycles. The third-order valence-corrected chi connectivity index (χ3v) is 8.78. The molecular weight excluding hydrogens is 538 g/mol. The summed E-state index contributed by atoms with van der Waals surface area (Å²) in [4.78, 5) is 26.3. The quantitative estimate of drug-likeness (QED) is 0.298. The number of ether oxygens (including phenoxy) is 1. The van der Waals surface area contributed by atoms with Crippen molar-refractivity contribution in [2.24, 2.45) is 14.1 Å². The van der Waals surface area contributed by atoms with E-state index in [1.807, 2.05) is 31.2 Å². The van der Waals surface area contributed by atoms with Gasteiger partial charge < -0.3 is 13.9 Å². The van der Waals surface area contributed by atoms with Gasteiger partial charge in [0, 0.05) is 56.2 Å². The minimum absolute atomic E-state index is 0.00387. The van der Waals surface area contributed by atoms with Crippen LogP contribution in [0.1, 0.15) is 11.1 Å². The van der Waals surface area contributed by atoms with E-state index in [1.54, 1.807) is 38.7 Å². The zero-order chi connectivity index (χ0) is 28.1. The van der Waals surface area contributed by atoms with Gasteiger partial charge in [-0.2, -0.15) is 0 Å². The van der Waals surface area contributed by atoms with Crippen molar-refractivity contribution in [2.75, 3.05) is 7.11 Å². The largest absolute Gasteiger partial charge is 0.380 e. The number of pyridine rings is 2. The van der Waals surface area contributed by atoms with E-state index in [2.05, 4.69) is 0 Å². The van der Waals surface area contributed by atoms with Crippen LogP contribution in [0.5, 0.6) is 0 Å². The van der Waals surface area contributed by atoms with Gasteiger partial charge in [0.25, 0.3) is 21.1 Å². The van der Waals surface area contributed by atoms with Gasteiger partial charge in [-0.3, -0.25) is 9.59 Å². The van der Waals surface area contributed by atoms with Crippen molar-refractivity contribution in [3.05, 3.63) is 110 Å². The highest BCUT2D eigenvalue weighted by Gasteiger charge is 2.27. The maximum atomic E-state index is 13.7. The Morgan fingerprint density at radius 1 is 0.872 bits per heavy atom. The second-order valence-electron chi connectivity index (χ2n) is 9.45. The molecule has 10 heteroatoms. The van der Waals surface area contributed by atoms with Crippen LogP contribution in [-0.2, 0) is 35.5 Å². The summed E-state index contributed by atoms with van der Waals surface area (Å²) in [7, 11) is 0.606. The molecule has 3 heterocycles. The first-order chi connectivity index (χ1) is 18.5. The van der Waals surface area contributed by atoms with Gasteiger partial charge in [0.05, 0.1) is 11.5 Å². The molecule has 0 unspecified atom stereocenters. The number of hydrogen-bond acceptors (Lipinski definition) is 5. The Morgan fingerprint density at radius 2 is 1.56 bits per heavy atom. The van der Waals surface area contributed by atoms with Crippen LogP contribution in [0.2, 0.25) is 5.15 Å². The highest BCUT2D eigenvalue weighted by atomic mass is 35.5. The monoisotopic (exact) mass is 563 g/mol. The molecule has 0 radical (unpaired) electrons. The third-order valence-electron chi connectivity index (χ3n) is 6.68. The van der Waals surface area contributed by atoms with Crippen molar-refractivity contribution >= 4 is 32.5 Å². The summed E-state index contributed by atoms with van der Waals surface area (Å²) >= 11 is 6.54. The number of nitrogens with zero attached hydrogens (tertiary/aromatic N) is 3. The lowest BCUT2D eigenvalue weighted by atomic mass is 9.94. The summed E-state index contributed by atoms with van der Waals surface area (Å²) < 4.78 is 36.3. The van der Waals surface area contributed by atoms with E-state index in [-0.39, 0.29) is 21.1 Å². The van der Waals surface area contributed by atoms with Crippen molar-refractivity contribution in [3.8, 4) is 22.3 Å². The second kappa shape index (κ2) is 10.00. The molecule has 0 bridgehead atoms. The molecule has 200 valence electrons.